The number of pyridine rings is 1. The predicted octanol–water partition coefficient (Wildman–Crippen LogP) is 10.8. The summed E-state index contributed by atoms with van der Waals surface area (Å²) >= 11 is 0. The van der Waals surface area contributed by atoms with Gasteiger partial charge in [-0.3, -0.25) is 4.68 Å². The molecule has 0 aliphatic heterocycles. The number of rotatable bonds is 6. The molecule has 3 aromatic heterocycles. The minimum absolute atomic E-state index is 0. The van der Waals surface area contributed by atoms with Gasteiger partial charge in [0, 0.05) is 40.5 Å². The fraction of sp³-hybridized carbons (Fsp3) is 0.116. The Morgan fingerprint density at radius 2 is 1.42 bits per heavy atom. The van der Waals surface area contributed by atoms with Gasteiger partial charge in [-0.25, -0.2) is 9.37 Å². The van der Waals surface area contributed by atoms with E-state index in [4.69, 9.17) is 9.84 Å². The van der Waals surface area contributed by atoms with Crippen LogP contribution in [0.1, 0.15) is 28.1 Å². The van der Waals surface area contributed by atoms with Gasteiger partial charge in [-0.1, -0.05) is 73.1 Å². The van der Waals surface area contributed by atoms with Crippen LogP contribution < -0.4 is 4.74 Å². The standard InChI is InChI=1S/C43H33FN4O.Pd/c1-26-19-34(48-30(5)43(29(4)46-48)42-27(2)21-32(22-28(42)3)31-11-7-6-8-12-31)24-36(20-26)49-35-15-16-38-37-13-9-10-14-39(37)47(40(38)25-35)41-23-33(44)17-18-45-41;/h6-23H,1-5H3;/q-2;+2. The Hall–Kier alpha value is -5.35. The minimum atomic E-state index is -0.355. The zero-order chi connectivity index (χ0) is 33.8. The Balaban J connectivity index is 0.00000392. The number of ether oxygens (including phenoxy) is 1. The molecule has 5 nitrogen and oxygen atoms in total. The van der Waals surface area contributed by atoms with Crippen LogP contribution >= 0.6 is 0 Å². The summed E-state index contributed by atoms with van der Waals surface area (Å²) < 4.78 is 24.6. The van der Waals surface area contributed by atoms with E-state index in [2.05, 4.69) is 87.3 Å². The number of fused-ring (bicyclic) bond motifs is 3. The van der Waals surface area contributed by atoms with Crippen LogP contribution in [0, 0.1) is 52.6 Å². The summed E-state index contributed by atoms with van der Waals surface area (Å²) in [5.41, 5.74) is 12.6. The largest absolute Gasteiger partial charge is 2.00 e. The number of hydrogen-bond donors (Lipinski definition) is 0. The molecular formula is C43H33FN4OPd. The quantitative estimate of drug-likeness (QED) is 0.126. The van der Waals surface area contributed by atoms with E-state index in [1.54, 1.807) is 0 Å². The van der Waals surface area contributed by atoms with Crippen molar-refractivity contribution in [3.05, 3.63) is 155 Å². The molecule has 0 atom stereocenters. The van der Waals surface area contributed by atoms with Crippen molar-refractivity contribution < 1.29 is 29.6 Å². The van der Waals surface area contributed by atoms with E-state index < -0.39 is 0 Å². The van der Waals surface area contributed by atoms with Crippen LogP contribution in [0.2, 0.25) is 0 Å². The molecule has 8 rings (SSSR count). The normalized spacial score (nSPS) is 11.2. The molecule has 0 unspecified atom stereocenters. The van der Waals surface area contributed by atoms with Crippen LogP contribution in [0.5, 0.6) is 11.5 Å². The molecule has 0 bridgehead atoms. The molecule has 0 fully saturated rings. The van der Waals surface area contributed by atoms with Gasteiger partial charge in [0.05, 0.1) is 5.69 Å². The van der Waals surface area contributed by atoms with E-state index in [1.165, 1.54) is 46.1 Å². The topological polar surface area (TPSA) is 44.9 Å². The van der Waals surface area contributed by atoms with Crippen LogP contribution in [0.3, 0.4) is 0 Å². The Morgan fingerprint density at radius 3 is 2.18 bits per heavy atom. The second-order valence-electron chi connectivity index (χ2n) is 12.6. The molecule has 0 saturated heterocycles. The van der Waals surface area contributed by atoms with Gasteiger partial charge in [0.25, 0.3) is 0 Å². The van der Waals surface area contributed by atoms with Gasteiger partial charge in [0.1, 0.15) is 11.6 Å². The fourth-order valence-corrected chi connectivity index (χ4v) is 7.03. The summed E-state index contributed by atoms with van der Waals surface area (Å²) in [5, 5.41) is 7.00. The molecule has 7 heteroatoms. The van der Waals surface area contributed by atoms with Crippen molar-refractivity contribution in [2.24, 2.45) is 0 Å². The third kappa shape index (κ3) is 5.83. The molecule has 0 N–H and O–H groups in total. The molecule has 0 radical (unpaired) electrons. The van der Waals surface area contributed by atoms with Crippen LogP contribution in [-0.2, 0) is 20.4 Å². The van der Waals surface area contributed by atoms with Crippen LogP contribution in [0.4, 0.5) is 4.39 Å². The molecular weight excluding hydrogens is 714 g/mol. The first-order valence-electron chi connectivity index (χ1n) is 16.3. The third-order valence-electron chi connectivity index (χ3n) is 9.10. The zero-order valence-electron chi connectivity index (χ0n) is 28.3. The smallest absolute Gasteiger partial charge is 0.509 e. The van der Waals surface area contributed by atoms with Gasteiger partial charge in [-0.05, 0) is 78.7 Å². The van der Waals surface area contributed by atoms with Crippen molar-refractivity contribution in [3.8, 4) is 45.3 Å². The van der Waals surface area contributed by atoms with E-state index >= 15 is 0 Å². The van der Waals surface area contributed by atoms with Crippen molar-refractivity contribution in [3.63, 3.8) is 0 Å². The number of benzene rings is 5. The van der Waals surface area contributed by atoms with Gasteiger partial charge >= 0.3 is 20.4 Å². The maximum Gasteiger partial charge on any atom is 2.00 e. The van der Waals surface area contributed by atoms with Gasteiger partial charge in [-0.2, -0.15) is 16.7 Å². The van der Waals surface area contributed by atoms with E-state index in [0.717, 1.165) is 50.0 Å². The van der Waals surface area contributed by atoms with E-state index in [-0.39, 0.29) is 26.2 Å². The van der Waals surface area contributed by atoms with E-state index in [1.807, 2.05) is 64.7 Å². The van der Waals surface area contributed by atoms with E-state index in [9.17, 15) is 4.39 Å². The molecule has 248 valence electrons. The van der Waals surface area contributed by atoms with Crippen molar-refractivity contribution in [1.82, 2.24) is 19.3 Å². The Morgan fingerprint density at radius 1 is 0.680 bits per heavy atom. The average Bonchev–Trinajstić information content (AvgIpc) is 3.57. The molecule has 0 aliphatic carbocycles. The molecule has 0 amide bonds. The van der Waals surface area contributed by atoms with Gasteiger partial charge < -0.3 is 9.30 Å². The van der Waals surface area contributed by atoms with Crippen molar-refractivity contribution in [2.75, 3.05) is 0 Å². The Labute approximate surface area is 304 Å². The van der Waals surface area contributed by atoms with Gasteiger partial charge in [0.2, 0.25) is 0 Å². The van der Waals surface area contributed by atoms with E-state index in [0.29, 0.717) is 17.3 Å². The fourth-order valence-electron chi connectivity index (χ4n) is 7.03. The summed E-state index contributed by atoms with van der Waals surface area (Å²) in [6, 6.07) is 40.6. The number of para-hydroxylation sites is 1. The second kappa shape index (κ2) is 13.2. The summed E-state index contributed by atoms with van der Waals surface area (Å²) in [7, 11) is 0. The Bertz CT molecular complexity index is 2530. The van der Waals surface area contributed by atoms with Crippen molar-refractivity contribution >= 4 is 21.8 Å². The SMILES string of the molecule is Cc1cc(Oc2[c-]c3c(cc2)c2ccccc2n3-c2cc(F)ccn2)[c-]c(-n2nc(C)c(-c3c(C)cc(-c4ccccc4)cc3C)c2C)c1.[Pd+2]. The molecule has 8 aromatic rings. The summed E-state index contributed by atoms with van der Waals surface area (Å²) in [6.45, 7) is 10.6. The molecule has 3 heterocycles. The minimum Gasteiger partial charge on any atom is -0.509 e. The number of aromatic nitrogens is 4. The molecule has 5 aromatic carbocycles. The Kier molecular flexibility index (Phi) is 8.74. The van der Waals surface area contributed by atoms with Gasteiger partial charge in [0.15, 0.2) is 0 Å². The number of aryl methyl sites for hydroxylation is 4. The summed E-state index contributed by atoms with van der Waals surface area (Å²) in [6.07, 6.45) is 1.47. The maximum absolute atomic E-state index is 14.3. The number of halogens is 1. The molecule has 50 heavy (non-hydrogen) atoms. The molecule has 0 aliphatic rings. The van der Waals surface area contributed by atoms with Crippen LogP contribution in [0.25, 0.3) is 55.6 Å². The number of nitrogens with zero attached hydrogens (tertiary/aromatic N) is 4. The second-order valence-corrected chi connectivity index (χ2v) is 12.6. The van der Waals surface area contributed by atoms with Crippen molar-refractivity contribution in [2.45, 2.75) is 34.6 Å². The molecule has 0 spiro atoms. The first-order chi connectivity index (χ1) is 23.7. The summed E-state index contributed by atoms with van der Waals surface area (Å²) in [4.78, 5) is 4.47. The zero-order valence-corrected chi connectivity index (χ0v) is 29.8. The first-order valence-corrected chi connectivity index (χ1v) is 16.3. The van der Waals surface area contributed by atoms with Crippen LogP contribution in [-0.4, -0.2) is 19.3 Å². The molecule has 0 saturated carbocycles. The maximum atomic E-state index is 14.3. The van der Waals surface area contributed by atoms with Crippen molar-refractivity contribution in [1.29, 1.82) is 0 Å². The first kappa shape index (κ1) is 33.2. The van der Waals surface area contributed by atoms with Crippen LogP contribution in [0.15, 0.2) is 109 Å². The summed E-state index contributed by atoms with van der Waals surface area (Å²) in [5.74, 6) is 1.18. The monoisotopic (exact) mass is 746 g/mol. The van der Waals surface area contributed by atoms with Gasteiger partial charge in [-0.15, -0.1) is 35.7 Å². The average molecular weight is 747 g/mol. The number of hydrogen-bond acceptors (Lipinski definition) is 3. The predicted molar refractivity (Wildman–Crippen MR) is 194 cm³/mol. The third-order valence-corrected chi connectivity index (χ3v) is 9.10.